The number of rotatable bonds is 6. The zero-order chi connectivity index (χ0) is 15.2. The van der Waals surface area contributed by atoms with Crippen LogP contribution in [-0.4, -0.2) is 14.2 Å². The van der Waals surface area contributed by atoms with Gasteiger partial charge < -0.3 is 9.47 Å². The molecular formula is C17H22N2O2. The summed E-state index contributed by atoms with van der Waals surface area (Å²) in [5, 5.41) is 0. The van der Waals surface area contributed by atoms with Crippen molar-refractivity contribution < 1.29 is 9.47 Å². The fourth-order valence-corrected chi connectivity index (χ4v) is 2.48. The van der Waals surface area contributed by atoms with E-state index in [-0.39, 0.29) is 6.04 Å². The zero-order valence-electron chi connectivity index (χ0n) is 12.7. The molecule has 1 unspecified atom stereocenters. The first-order chi connectivity index (χ1) is 10.2. The third-order valence-electron chi connectivity index (χ3n) is 3.65. The third-order valence-corrected chi connectivity index (χ3v) is 3.65. The van der Waals surface area contributed by atoms with Gasteiger partial charge in [-0.15, -0.1) is 0 Å². The molecule has 2 aromatic rings. The summed E-state index contributed by atoms with van der Waals surface area (Å²) in [6.45, 7) is 2.09. The Labute approximate surface area is 125 Å². The highest BCUT2D eigenvalue weighted by Gasteiger charge is 2.14. The Hall–Kier alpha value is -2.04. The second-order valence-corrected chi connectivity index (χ2v) is 4.97. The minimum absolute atomic E-state index is 0.0595. The summed E-state index contributed by atoms with van der Waals surface area (Å²) in [7, 11) is 3.27. The van der Waals surface area contributed by atoms with Crippen LogP contribution in [0.4, 0.5) is 0 Å². The van der Waals surface area contributed by atoms with Gasteiger partial charge in [-0.3, -0.25) is 11.3 Å². The molecule has 0 aliphatic carbocycles. The molecule has 21 heavy (non-hydrogen) atoms. The minimum Gasteiger partial charge on any atom is -0.493 e. The lowest BCUT2D eigenvalue weighted by Crippen LogP contribution is -2.30. The number of nitrogens with two attached hydrogens (primary N) is 1. The molecule has 3 N–H and O–H groups in total. The van der Waals surface area contributed by atoms with Crippen molar-refractivity contribution in [2.24, 2.45) is 5.84 Å². The van der Waals surface area contributed by atoms with Crippen molar-refractivity contribution in [3.63, 3.8) is 0 Å². The molecule has 0 spiro atoms. The highest BCUT2D eigenvalue weighted by atomic mass is 16.5. The van der Waals surface area contributed by atoms with Crippen molar-refractivity contribution >= 4 is 0 Å². The third kappa shape index (κ3) is 3.54. The zero-order valence-corrected chi connectivity index (χ0v) is 12.7. The second-order valence-electron chi connectivity index (χ2n) is 4.97. The average Bonchev–Trinajstić information content (AvgIpc) is 2.53. The van der Waals surface area contributed by atoms with Crippen LogP contribution >= 0.6 is 0 Å². The molecule has 0 aliphatic rings. The summed E-state index contributed by atoms with van der Waals surface area (Å²) in [5.74, 6) is 7.21. The van der Waals surface area contributed by atoms with Gasteiger partial charge in [0.1, 0.15) is 0 Å². The van der Waals surface area contributed by atoms with Crippen LogP contribution in [-0.2, 0) is 6.42 Å². The lowest BCUT2D eigenvalue weighted by molar-refractivity contribution is 0.354. The van der Waals surface area contributed by atoms with E-state index in [1.807, 2.05) is 30.3 Å². The summed E-state index contributed by atoms with van der Waals surface area (Å²) >= 11 is 0. The Morgan fingerprint density at radius 3 is 2.38 bits per heavy atom. The number of nitrogens with one attached hydrogen (secondary N) is 1. The summed E-state index contributed by atoms with van der Waals surface area (Å²) in [4.78, 5) is 0. The number of ether oxygens (including phenoxy) is 2. The van der Waals surface area contributed by atoms with Crippen LogP contribution < -0.4 is 20.7 Å². The van der Waals surface area contributed by atoms with Gasteiger partial charge >= 0.3 is 0 Å². The van der Waals surface area contributed by atoms with Crippen LogP contribution in [0, 0.1) is 6.92 Å². The molecule has 0 aliphatic heterocycles. The summed E-state index contributed by atoms with van der Waals surface area (Å²) in [6, 6.07) is 14.2. The standard InChI is InChI=1S/C17H22N2O2/c1-12-6-4-5-7-14(12)15(19-18)10-13-8-9-16(20-2)17(11-13)21-3/h4-9,11,15,19H,10,18H2,1-3H3. The first-order valence-corrected chi connectivity index (χ1v) is 6.92. The van der Waals surface area contributed by atoms with Gasteiger partial charge in [-0.1, -0.05) is 30.3 Å². The van der Waals surface area contributed by atoms with Crippen molar-refractivity contribution in [1.29, 1.82) is 0 Å². The van der Waals surface area contributed by atoms with E-state index < -0.39 is 0 Å². The molecule has 1 atom stereocenters. The van der Waals surface area contributed by atoms with Crippen LogP contribution in [0.5, 0.6) is 11.5 Å². The van der Waals surface area contributed by atoms with Gasteiger partial charge in [-0.2, -0.15) is 0 Å². The molecule has 0 bridgehead atoms. The predicted octanol–water partition coefficient (Wildman–Crippen LogP) is 2.76. The Bertz CT molecular complexity index is 599. The molecule has 4 heteroatoms. The smallest absolute Gasteiger partial charge is 0.160 e. The number of benzene rings is 2. The van der Waals surface area contributed by atoms with Gasteiger partial charge in [-0.05, 0) is 42.2 Å². The number of methoxy groups -OCH3 is 2. The van der Waals surface area contributed by atoms with E-state index in [0.717, 1.165) is 23.5 Å². The molecule has 0 amide bonds. The minimum atomic E-state index is 0.0595. The van der Waals surface area contributed by atoms with E-state index in [1.165, 1.54) is 11.1 Å². The van der Waals surface area contributed by atoms with Crippen LogP contribution in [0.1, 0.15) is 22.7 Å². The summed E-state index contributed by atoms with van der Waals surface area (Å²) < 4.78 is 10.6. The Balaban J connectivity index is 2.25. The quantitative estimate of drug-likeness (QED) is 0.633. The molecule has 0 saturated heterocycles. The van der Waals surface area contributed by atoms with E-state index in [2.05, 4.69) is 24.5 Å². The molecule has 0 saturated carbocycles. The number of hydrogen-bond acceptors (Lipinski definition) is 4. The summed E-state index contributed by atoms with van der Waals surface area (Å²) in [5.41, 5.74) is 6.47. The van der Waals surface area contributed by atoms with Crippen molar-refractivity contribution in [3.05, 3.63) is 59.2 Å². The van der Waals surface area contributed by atoms with E-state index in [4.69, 9.17) is 15.3 Å². The van der Waals surface area contributed by atoms with Crippen LogP contribution in [0.2, 0.25) is 0 Å². The maximum absolute atomic E-state index is 5.74. The Morgan fingerprint density at radius 2 is 1.76 bits per heavy atom. The molecule has 0 radical (unpaired) electrons. The maximum Gasteiger partial charge on any atom is 0.160 e. The maximum atomic E-state index is 5.74. The molecule has 2 rings (SSSR count). The van der Waals surface area contributed by atoms with E-state index >= 15 is 0 Å². The lowest BCUT2D eigenvalue weighted by atomic mass is 9.96. The second kappa shape index (κ2) is 7.11. The first-order valence-electron chi connectivity index (χ1n) is 6.92. The fourth-order valence-electron chi connectivity index (χ4n) is 2.48. The van der Waals surface area contributed by atoms with Crippen molar-refractivity contribution in [2.45, 2.75) is 19.4 Å². The largest absolute Gasteiger partial charge is 0.493 e. The van der Waals surface area contributed by atoms with Crippen LogP contribution in [0.25, 0.3) is 0 Å². The molecule has 4 nitrogen and oxygen atoms in total. The molecule has 2 aromatic carbocycles. The van der Waals surface area contributed by atoms with Gasteiger partial charge in [0.15, 0.2) is 11.5 Å². The van der Waals surface area contributed by atoms with Crippen LogP contribution in [0.15, 0.2) is 42.5 Å². The van der Waals surface area contributed by atoms with Crippen molar-refractivity contribution in [2.75, 3.05) is 14.2 Å². The monoisotopic (exact) mass is 286 g/mol. The molecular weight excluding hydrogens is 264 g/mol. The Kier molecular flexibility index (Phi) is 5.20. The van der Waals surface area contributed by atoms with Gasteiger partial charge in [-0.25, -0.2) is 0 Å². The van der Waals surface area contributed by atoms with Gasteiger partial charge in [0.2, 0.25) is 0 Å². The van der Waals surface area contributed by atoms with Gasteiger partial charge in [0.05, 0.1) is 20.3 Å². The topological polar surface area (TPSA) is 56.5 Å². The molecule has 0 aromatic heterocycles. The van der Waals surface area contributed by atoms with Crippen molar-refractivity contribution in [1.82, 2.24) is 5.43 Å². The van der Waals surface area contributed by atoms with Crippen molar-refractivity contribution in [3.8, 4) is 11.5 Å². The molecule has 112 valence electrons. The van der Waals surface area contributed by atoms with Gasteiger partial charge in [0.25, 0.3) is 0 Å². The number of aryl methyl sites for hydroxylation is 1. The molecule has 0 heterocycles. The Morgan fingerprint density at radius 1 is 1.05 bits per heavy atom. The predicted molar refractivity (Wildman–Crippen MR) is 84.5 cm³/mol. The van der Waals surface area contributed by atoms with Gasteiger partial charge in [0, 0.05) is 0 Å². The fraction of sp³-hybridized carbons (Fsp3) is 0.294. The normalized spacial score (nSPS) is 12.0. The number of hydrazine groups is 1. The lowest BCUT2D eigenvalue weighted by Gasteiger charge is -2.19. The number of hydrogen-bond donors (Lipinski definition) is 2. The highest BCUT2D eigenvalue weighted by molar-refractivity contribution is 5.43. The van der Waals surface area contributed by atoms with E-state index in [9.17, 15) is 0 Å². The van der Waals surface area contributed by atoms with Crippen LogP contribution in [0.3, 0.4) is 0 Å². The van der Waals surface area contributed by atoms with E-state index in [0.29, 0.717) is 0 Å². The molecule has 0 fully saturated rings. The SMILES string of the molecule is COc1ccc(CC(NN)c2ccccc2C)cc1OC. The van der Waals surface area contributed by atoms with E-state index in [1.54, 1.807) is 14.2 Å². The first kappa shape index (κ1) is 15.4. The highest BCUT2D eigenvalue weighted by Crippen LogP contribution is 2.29. The summed E-state index contributed by atoms with van der Waals surface area (Å²) in [6.07, 6.45) is 0.779. The average molecular weight is 286 g/mol.